The highest BCUT2D eigenvalue weighted by Crippen LogP contribution is 2.36. The number of pyridine rings is 1. The number of rotatable bonds is 4. The van der Waals surface area contributed by atoms with Crippen molar-refractivity contribution in [2.45, 2.75) is 49.6 Å². The maximum atomic E-state index is 13.2. The lowest BCUT2D eigenvalue weighted by molar-refractivity contribution is 0.505. The standard InChI is InChI=1S/C21H23N5O2S/c1-2-19-24-18-13-23-21-17(20(18)26(19)15-9-8-14(22)12-15)10-11-25(21)29(27,28)16-6-4-3-5-7-16/h3-7,10-11,13-15H,2,8-9,12,22H2,1H3/t14-,15+/m1/s1. The quantitative estimate of drug-likeness (QED) is 0.558. The molecule has 7 nitrogen and oxygen atoms in total. The molecular formula is C21H23N5O2S. The first-order valence-electron chi connectivity index (χ1n) is 9.93. The zero-order valence-corrected chi connectivity index (χ0v) is 17.0. The van der Waals surface area contributed by atoms with Crippen LogP contribution in [0.15, 0.2) is 53.7 Å². The number of fused-ring (bicyclic) bond motifs is 3. The molecule has 29 heavy (non-hydrogen) atoms. The Morgan fingerprint density at radius 1 is 1.17 bits per heavy atom. The van der Waals surface area contributed by atoms with E-state index in [2.05, 4.69) is 16.5 Å². The van der Waals surface area contributed by atoms with Crippen molar-refractivity contribution in [3.63, 3.8) is 0 Å². The van der Waals surface area contributed by atoms with Crippen LogP contribution in [0.5, 0.6) is 0 Å². The minimum absolute atomic E-state index is 0.197. The van der Waals surface area contributed by atoms with Crippen molar-refractivity contribution < 1.29 is 8.42 Å². The van der Waals surface area contributed by atoms with E-state index in [0.29, 0.717) is 5.65 Å². The molecule has 1 aromatic carbocycles. The van der Waals surface area contributed by atoms with Gasteiger partial charge in [0.2, 0.25) is 0 Å². The van der Waals surface area contributed by atoms with E-state index >= 15 is 0 Å². The molecule has 3 heterocycles. The van der Waals surface area contributed by atoms with Crippen molar-refractivity contribution in [2.24, 2.45) is 5.73 Å². The van der Waals surface area contributed by atoms with Gasteiger partial charge in [0, 0.05) is 30.1 Å². The lowest BCUT2D eigenvalue weighted by Gasteiger charge is -2.16. The molecule has 0 unspecified atom stereocenters. The normalized spacial score (nSPS) is 20.1. The van der Waals surface area contributed by atoms with Gasteiger partial charge in [-0.25, -0.2) is 22.4 Å². The van der Waals surface area contributed by atoms with Crippen LogP contribution in [0.3, 0.4) is 0 Å². The monoisotopic (exact) mass is 409 g/mol. The van der Waals surface area contributed by atoms with Crippen LogP contribution >= 0.6 is 0 Å². The molecule has 150 valence electrons. The Kier molecular flexibility index (Phi) is 4.22. The summed E-state index contributed by atoms with van der Waals surface area (Å²) in [5.74, 6) is 0.993. The number of hydrogen-bond acceptors (Lipinski definition) is 5. The van der Waals surface area contributed by atoms with E-state index in [1.807, 2.05) is 6.07 Å². The fourth-order valence-corrected chi connectivity index (χ4v) is 5.79. The minimum Gasteiger partial charge on any atom is -0.328 e. The molecule has 1 fully saturated rings. The second-order valence-corrected chi connectivity index (χ2v) is 9.45. The highest BCUT2D eigenvalue weighted by molar-refractivity contribution is 7.90. The summed E-state index contributed by atoms with van der Waals surface area (Å²) >= 11 is 0. The maximum Gasteiger partial charge on any atom is 0.269 e. The van der Waals surface area contributed by atoms with Gasteiger partial charge in [-0.1, -0.05) is 25.1 Å². The van der Waals surface area contributed by atoms with Crippen LogP contribution < -0.4 is 5.73 Å². The van der Waals surface area contributed by atoms with Crippen LogP contribution in [0.1, 0.15) is 38.1 Å². The van der Waals surface area contributed by atoms with E-state index in [1.54, 1.807) is 42.7 Å². The summed E-state index contributed by atoms with van der Waals surface area (Å²) in [4.78, 5) is 9.50. The van der Waals surface area contributed by atoms with Gasteiger partial charge >= 0.3 is 0 Å². The average molecular weight is 410 g/mol. The first-order valence-corrected chi connectivity index (χ1v) is 11.4. The number of nitrogens with zero attached hydrogens (tertiary/aromatic N) is 4. The van der Waals surface area contributed by atoms with E-state index < -0.39 is 10.0 Å². The first-order chi connectivity index (χ1) is 14.0. The van der Waals surface area contributed by atoms with Crippen molar-refractivity contribution in [3.8, 4) is 0 Å². The van der Waals surface area contributed by atoms with Crippen molar-refractivity contribution >= 4 is 32.1 Å². The van der Waals surface area contributed by atoms with Gasteiger partial charge in [-0.05, 0) is 37.5 Å². The molecule has 0 saturated heterocycles. The van der Waals surface area contributed by atoms with Gasteiger partial charge in [-0.3, -0.25) is 0 Å². The number of imidazole rings is 1. The lowest BCUT2D eigenvalue weighted by atomic mass is 10.2. The molecule has 0 amide bonds. The third kappa shape index (κ3) is 2.78. The third-order valence-corrected chi connectivity index (χ3v) is 7.51. The summed E-state index contributed by atoms with van der Waals surface area (Å²) in [5.41, 5.74) is 8.35. The van der Waals surface area contributed by atoms with Gasteiger partial charge in [-0.15, -0.1) is 0 Å². The summed E-state index contributed by atoms with van der Waals surface area (Å²) in [6, 6.07) is 10.7. The van der Waals surface area contributed by atoms with Crippen LogP contribution in [0, 0.1) is 0 Å². The molecule has 0 aliphatic heterocycles. The van der Waals surface area contributed by atoms with Crippen molar-refractivity contribution in [1.82, 2.24) is 18.5 Å². The molecule has 4 aromatic rings. The van der Waals surface area contributed by atoms with E-state index in [9.17, 15) is 8.42 Å². The van der Waals surface area contributed by atoms with Gasteiger partial charge in [-0.2, -0.15) is 0 Å². The van der Waals surface area contributed by atoms with E-state index in [4.69, 9.17) is 10.7 Å². The summed E-state index contributed by atoms with van der Waals surface area (Å²) in [7, 11) is -3.73. The largest absolute Gasteiger partial charge is 0.328 e. The molecule has 2 N–H and O–H groups in total. The SMILES string of the molecule is CCc1nc2cnc3c(ccn3S(=O)(=O)c3ccccc3)c2n1[C@H]1CC[C@@H](N)C1. The Morgan fingerprint density at radius 3 is 2.66 bits per heavy atom. The van der Waals surface area contributed by atoms with Crippen LogP contribution in [0.2, 0.25) is 0 Å². The minimum atomic E-state index is -3.73. The summed E-state index contributed by atoms with van der Waals surface area (Å²) in [5, 5.41) is 0.801. The lowest BCUT2D eigenvalue weighted by Crippen LogP contribution is -2.17. The molecule has 0 bridgehead atoms. The fraction of sp³-hybridized carbons (Fsp3) is 0.333. The van der Waals surface area contributed by atoms with Crippen LogP contribution in [0.4, 0.5) is 0 Å². The highest BCUT2D eigenvalue weighted by Gasteiger charge is 2.28. The molecular weight excluding hydrogens is 386 g/mol. The summed E-state index contributed by atoms with van der Waals surface area (Å²) in [6.07, 6.45) is 6.97. The van der Waals surface area contributed by atoms with Gasteiger partial charge in [0.15, 0.2) is 5.65 Å². The molecule has 1 aliphatic carbocycles. The van der Waals surface area contributed by atoms with E-state index in [0.717, 1.165) is 47.9 Å². The maximum absolute atomic E-state index is 13.2. The second-order valence-electron chi connectivity index (χ2n) is 7.64. The van der Waals surface area contributed by atoms with Gasteiger partial charge in [0.1, 0.15) is 11.3 Å². The van der Waals surface area contributed by atoms with E-state index in [-0.39, 0.29) is 17.0 Å². The Labute approximate surface area is 169 Å². The van der Waals surface area contributed by atoms with Crippen LogP contribution in [-0.4, -0.2) is 33.0 Å². The molecule has 3 aromatic heterocycles. The number of nitrogens with two attached hydrogens (primary N) is 1. The molecule has 0 radical (unpaired) electrons. The molecule has 8 heteroatoms. The predicted octanol–water partition coefficient (Wildman–Crippen LogP) is 3.24. The molecule has 5 rings (SSSR count). The van der Waals surface area contributed by atoms with Crippen molar-refractivity contribution in [2.75, 3.05) is 0 Å². The predicted molar refractivity (Wildman–Crippen MR) is 112 cm³/mol. The number of aromatic nitrogens is 4. The number of aryl methyl sites for hydroxylation is 1. The Bertz CT molecular complexity index is 1310. The van der Waals surface area contributed by atoms with Crippen molar-refractivity contribution in [3.05, 3.63) is 54.6 Å². The molecule has 0 spiro atoms. The summed E-state index contributed by atoms with van der Waals surface area (Å²) in [6.45, 7) is 2.09. The molecule has 1 saturated carbocycles. The van der Waals surface area contributed by atoms with Gasteiger partial charge < -0.3 is 10.3 Å². The van der Waals surface area contributed by atoms with E-state index in [1.165, 1.54) is 3.97 Å². The highest BCUT2D eigenvalue weighted by atomic mass is 32.2. The smallest absolute Gasteiger partial charge is 0.269 e. The van der Waals surface area contributed by atoms with Crippen molar-refractivity contribution in [1.29, 1.82) is 0 Å². The fourth-order valence-electron chi connectivity index (χ4n) is 4.46. The Balaban J connectivity index is 1.76. The topological polar surface area (TPSA) is 95.8 Å². The van der Waals surface area contributed by atoms with Crippen LogP contribution in [-0.2, 0) is 16.4 Å². The third-order valence-electron chi connectivity index (χ3n) is 5.83. The Morgan fingerprint density at radius 2 is 1.97 bits per heavy atom. The number of hydrogen-bond donors (Lipinski definition) is 1. The zero-order valence-electron chi connectivity index (χ0n) is 16.2. The molecule has 2 atom stereocenters. The number of benzene rings is 1. The first kappa shape index (κ1) is 18.3. The summed E-state index contributed by atoms with van der Waals surface area (Å²) < 4.78 is 29.9. The van der Waals surface area contributed by atoms with Gasteiger partial charge in [0.05, 0.1) is 16.6 Å². The second kappa shape index (κ2) is 6.67. The molecule has 1 aliphatic rings. The zero-order chi connectivity index (χ0) is 20.2. The Hall–Kier alpha value is -2.71. The average Bonchev–Trinajstić information content (AvgIpc) is 3.43. The van der Waals surface area contributed by atoms with Gasteiger partial charge in [0.25, 0.3) is 10.0 Å². The van der Waals surface area contributed by atoms with Crippen LogP contribution in [0.25, 0.3) is 22.1 Å².